The minimum atomic E-state index is -0.801. The Balaban J connectivity index is 0.000000188. The standard InChI is InChI=1S/C65H45NO.C26H18.C6H10/c1-42-49-24-10-8-18-43(49)36-40-54(42)65(59-41-37-44-19-9-11-25-51(44)63(59)67)56-30-15-12-26-52(56)61-50(28-16-31-57(61)65)45-34-38-48(39-35-45)66-60-33-17-32-58-62(60)53-27-13-14-29-55(53)64(58,46-20-4-2-5-21-46)47-22-6-3-7-23-47;1-17-9-8-16-24-25(17)20-12-4-7-15-23(20)26(24)21-13-5-2-10-18(21)19-11-3-6-14-22(19)26;1-3-5-6-4-2/h2-41,66-67H,1H3;2-16H,1H3;3-6H,1-2H3/b;;5-3-,6-4-. The highest BCUT2D eigenvalue weighted by atomic mass is 16.3. The first-order valence-electron chi connectivity index (χ1n) is 34.6. The van der Waals surface area contributed by atoms with Crippen molar-refractivity contribution in [2.45, 2.75) is 43.9 Å². The van der Waals surface area contributed by atoms with Crippen LogP contribution >= 0.6 is 0 Å². The molecule has 4 aliphatic rings. The van der Waals surface area contributed by atoms with Gasteiger partial charge in [-0.15, -0.1) is 0 Å². The summed E-state index contributed by atoms with van der Waals surface area (Å²) < 4.78 is 0. The van der Waals surface area contributed by atoms with Crippen LogP contribution in [0.1, 0.15) is 91.7 Å². The lowest BCUT2D eigenvalue weighted by atomic mass is 9.65. The van der Waals surface area contributed by atoms with Crippen molar-refractivity contribution in [3.63, 3.8) is 0 Å². The average Bonchev–Trinajstić information content (AvgIpc) is 1.53. The van der Waals surface area contributed by atoms with Crippen LogP contribution < -0.4 is 5.32 Å². The quantitative estimate of drug-likeness (QED) is 0.149. The predicted molar refractivity (Wildman–Crippen MR) is 415 cm³/mol. The summed E-state index contributed by atoms with van der Waals surface area (Å²) in [7, 11) is 0. The van der Waals surface area contributed by atoms with Crippen LogP contribution in [-0.4, -0.2) is 5.11 Å². The lowest BCUT2D eigenvalue weighted by molar-refractivity contribution is 0.467. The number of rotatable bonds is 8. The molecule has 19 rings (SSSR count). The topological polar surface area (TPSA) is 32.3 Å². The number of aromatic hydroxyl groups is 1. The minimum absolute atomic E-state index is 0.189. The Morgan fingerprint density at radius 2 is 0.677 bits per heavy atom. The van der Waals surface area contributed by atoms with Crippen molar-refractivity contribution < 1.29 is 5.11 Å². The van der Waals surface area contributed by atoms with Gasteiger partial charge in [-0.05, 0) is 184 Å². The highest BCUT2D eigenvalue weighted by Gasteiger charge is 2.53. The largest absolute Gasteiger partial charge is 0.507 e. The number of hydrogen-bond acceptors (Lipinski definition) is 2. The third kappa shape index (κ3) is 9.09. The number of fused-ring (bicyclic) bond motifs is 18. The Labute approximate surface area is 580 Å². The molecule has 2 heteroatoms. The van der Waals surface area contributed by atoms with E-state index in [1.54, 1.807) is 0 Å². The number of anilines is 2. The third-order valence-corrected chi connectivity index (χ3v) is 21.7. The van der Waals surface area contributed by atoms with Crippen LogP contribution in [0.25, 0.3) is 77.2 Å². The molecule has 0 fully saturated rings. The Morgan fingerprint density at radius 3 is 1.25 bits per heavy atom. The monoisotopic (exact) mass is 1270 g/mol. The first-order valence-corrected chi connectivity index (χ1v) is 34.6. The van der Waals surface area contributed by atoms with Gasteiger partial charge in [0.2, 0.25) is 0 Å². The van der Waals surface area contributed by atoms with E-state index in [9.17, 15) is 5.11 Å². The van der Waals surface area contributed by atoms with Gasteiger partial charge < -0.3 is 10.4 Å². The summed E-state index contributed by atoms with van der Waals surface area (Å²) >= 11 is 0. The molecule has 0 amide bonds. The zero-order valence-corrected chi connectivity index (χ0v) is 56.0. The molecule has 99 heavy (non-hydrogen) atoms. The van der Waals surface area contributed by atoms with Crippen LogP contribution in [-0.2, 0) is 16.2 Å². The van der Waals surface area contributed by atoms with E-state index < -0.39 is 10.8 Å². The summed E-state index contributed by atoms with van der Waals surface area (Å²) in [6, 6.07) is 121. The van der Waals surface area contributed by atoms with E-state index >= 15 is 0 Å². The number of benzene rings is 15. The van der Waals surface area contributed by atoms with E-state index in [-0.39, 0.29) is 5.41 Å². The maximum absolute atomic E-state index is 12.6. The van der Waals surface area contributed by atoms with Crippen molar-refractivity contribution in [3.05, 3.63) is 436 Å². The van der Waals surface area contributed by atoms with E-state index in [1.807, 2.05) is 56.4 Å². The summed E-state index contributed by atoms with van der Waals surface area (Å²) in [5.74, 6) is 0.314. The highest BCUT2D eigenvalue weighted by molar-refractivity contribution is 6.01. The van der Waals surface area contributed by atoms with Crippen molar-refractivity contribution in [1.82, 2.24) is 0 Å². The number of phenolic OH excluding ortho intramolecular Hbond substituents is 1. The van der Waals surface area contributed by atoms with Gasteiger partial charge in [-0.1, -0.05) is 340 Å². The molecule has 0 saturated carbocycles. The van der Waals surface area contributed by atoms with Crippen molar-refractivity contribution in [2.75, 3.05) is 5.32 Å². The highest BCUT2D eigenvalue weighted by Crippen LogP contribution is 2.65. The Bertz CT molecular complexity index is 5530. The molecule has 1 spiro atoms. The van der Waals surface area contributed by atoms with Crippen LogP contribution in [0.15, 0.2) is 358 Å². The van der Waals surface area contributed by atoms with E-state index in [1.165, 1.54) is 122 Å². The Morgan fingerprint density at radius 1 is 0.283 bits per heavy atom. The molecule has 0 aromatic heterocycles. The maximum Gasteiger partial charge on any atom is 0.128 e. The van der Waals surface area contributed by atoms with Gasteiger partial charge in [0.25, 0.3) is 0 Å². The van der Waals surface area contributed by atoms with Gasteiger partial charge in [0.15, 0.2) is 0 Å². The van der Waals surface area contributed by atoms with Crippen molar-refractivity contribution in [1.29, 1.82) is 0 Å². The van der Waals surface area contributed by atoms with Crippen LogP contribution in [0.5, 0.6) is 5.75 Å². The van der Waals surface area contributed by atoms with Gasteiger partial charge in [-0.25, -0.2) is 0 Å². The molecule has 472 valence electrons. The lowest BCUT2D eigenvalue weighted by Crippen LogP contribution is -2.30. The molecule has 0 bridgehead atoms. The van der Waals surface area contributed by atoms with E-state index in [4.69, 9.17) is 0 Å². The number of allylic oxidation sites excluding steroid dienone is 4. The fourth-order valence-electron chi connectivity index (χ4n) is 17.7. The first-order chi connectivity index (χ1) is 48.8. The summed E-state index contributed by atoms with van der Waals surface area (Å²) in [5, 5.41) is 20.8. The van der Waals surface area contributed by atoms with E-state index in [2.05, 4.69) is 335 Å². The van der Waals surface area contributed by atoms with Crippen LogP contribution in [0, 0.1) is 13.8 Å². The van der Waals surface area contributed by atoms with E-state index in [0.717, 1.165) is 44.4 Å². The molecule has 2 nitrogen and oxygen atoms in total. The molecule has 1 atom stereocenters. The normalized spacial score (nSPS) is 14.8. The molecular formula is C97H73NO. The van der Waals surface area contributed by atoms with Crippen molar-refractivity contribution >= 4 is 32.9 Å². The van der Waals surface area contributed by atoms with Crippen LogP contribution in [0.3, 0.4) is 0 Å². The minimum Gasteiger partial charge on any atom is -0.507 e. The number of aryl methyl sites for hydroxylation is 2. The van der Waals surface area contributed by atoms with Crippen LogP contribution in [0.2, 0.25) is 0 Å². The Hall–Kier alpha value is -12.1. The summed E-state index contributed by atoms with van der Waals surface area (Å²) in [6.07, 6.45) is 8.00. The second kappa shape index (κ2) is 24.5. The smallest absolute Gasteiger partial charge is 0.128 e. The van der Waals surface area contributed by atoms with Gasteiger partial charge in [-0.3, -0.25) is 0 Å². The lowest BCUT2D eigenvalue weighted by Gasteiger charge is -2.36. The van der Waals surface area contributed by atoms with Gasteiger partial charge in [0, 0.05) is 27.9 Å². The molecule has 0 saturated heterocycles. The molecule has 15 aromatic carbocycles. The molecule has 2 N–H and O–H groups in total. The van der Waals surface area contributed by atoms with Gasteiger partial charge >= 0.3 is 0 Å². The molecule has 4 aliphatic carbocycles. The summed E-state index contributed by atoms with van der Waals surface area (Å²) in [5.41, 5.74) is 31.0. The zero-order chi connectivity index (χ0) is 66.8. The molecule has 1 unspecified atom stereocenters. The molecule has 0 radical (unpaired) electrons. The number of hydrogen-bond donors (Lipinski definition) is 2. The SMILES string of the molecule is C/C=C\C=C/C.Cc1c(C2(c3ccc4ccccc4c3O)c3ccccc3-c3c(-c4ccc(Nc5cccc6c5-c5ccccc5C6(c5ccccc5)c5ccccc5)cc4)cccc32)ccc2ccccc12.Cc1cccc2c1-c1ccccc1C21c2ccccc2-c2ccccc21. The fourth-order valence-corrected chi connectivity index (χ4v) is 17.7. The van der Waals surface area contributed by atoms with Gasteiger partial charge in [0.05, 0.1) is 16.2 Å². The van der Waals surface area contributed by atoms with E-state index in [0.29, 0.717) is 5.75 Å². The van der Waals surface area contributed by atoms with Crippen molar-refractivity contribution in [3.8, 4) is 61.4 Å². The first kappa shape index (κ1) is 60.6. The summed E-state index contributed by atoms with van der Waals surface area (Å²) in [6.45, 7) is 8.49. The van der Waals surface area contributed by atoms with Crippen molar-refractivity contribution in [2.24, 2.45) is 0 Å². The maximum atomic E-state index is 12.6. The van der Waals surface area contributed by atoms with Gasteiger partial charge in [0.1, 0.15) is 5.75 Å². The third-order valence-electron chi connectivity index (χ3n) is 21.7. The molecule has 0 heterocycles. The molecular weight excluding hydrogens is 1200 g/mol. The Kier molecular flexibility index (Phi) is 15.0. The second-order valence-corrected chi connectivity index (χ2v) is 26.6. The van der Waals surface area contributed by atoms with Gasteiger partial charge in [-0.2, -0.15) is 0 Å². The summed E-state index contributed by atoms with van der Waals surface area (Å²) in [4.78, 5) is 0. The fraction of sp³-hybridized carbons (Fsp3) is 0.0722. The average molecular weight is 1270 g/mol. The predicted octanol–water partition coefficient (Wildman–Crippen LogP) is 24.6. The molecule has 0 aliphatic heterocycles. The van der Waals surface area contributed by atoms with Crippen LogP contribution in [0.4, 0.5) is 11.4 Å². The second-order valence-electron chi connectivity index (χ2n) is 26.6. The zero-order valence-electron chi connectivity index (χ0n) is 56.0. The number of phenols is 1. The molecule has 15 aromatic rings. The number of nitrogens with one attached hydrogen (secondary N) is 1.